The highest BCUT2D eigenvalue weighted by Crippen LogP contribution is 2.21. The molecule has 1 aromatic rings. The number of anilines is 1. The minimum Gasteiger partial charge on any atom is -0.494 e. The third kappa shape index (κ3) is 5.63. The molecule has 1 aromatic carbocycles. The number of carbonyl (C=O) groups excluding carboxylic acids is 1. The number of nitrogens with one attached hydrogen (secondary N) is 1. The van der Waals surface area contributed by atoms with E-state index in [0.717, 1.165) is 18.6 Å². The summed E-state index contributed by atoms with van der Waals surface area (Å²) < 4.78 is 29.8. The molecule has 1 saturated heterocycles. The SMILES string of the molecule is CCCCOc1ccc(NC(=O)N2CC(S(=O)(=O)CC(C)C)C2)cc1. The van der Waals surface area contributed by atoms with Crippen LogP contribution in [0.4, 0.5) is 10.5 Å². The molecule has 0 saturated carbocycles. The first-order chi connectivity index (χ1) is 11.8. The van der Waals surface area contributed by atoms with Crippen LogP contribution in [-0.4, -0.2) is 50.0 Å². The summed E-state index contributed by atoms with van der Waals surface area (Å²) in [5, 5.41) is 2.35. The van der Waals surface area contributed by atoms with E-state index in [-0.39, 0.29) is 30.8 Å². The van der Waals surface area contributed by atoms with E-state index in [4.69, 9.17) is 4.74 Å². The molecule has 0 aromatic heterocycles. The van der Waals surface area contributed by atoms with E-state index in [9.17, 15) is 13.2 Å². The van der Waals surface area contributed by atoms with Gasteiger partial charge >= 0.3 is 6.03 Å². The molecule has 7 heteroatoms. The number of likely N-dealkylation sites (tertiary alicyclic amines) is 1. The Labute approximate surface area is 150 Å². The van der Waals surface area contributed by atoms with Gasteiger partial charge in [-0.3, -0.25) is 0 Å². The van der Waals surface area contributed by atoms with Crippen molar-refractivity contribution in [2.45, 2.75) is 38.9 Å². The van der Waals surface area contributed by atoms with E-state index < -0.39 is 15.1 Å². The van der Waals surface area contributed by atoms with Crippen LogP contribution in [0.2, 0.25) is 0 Å². The van der Waals surface area contributed by atoms with Crippen molar-refractivity contribution in [1.82, 2.24) is 4.90 Å². The zero-order valence-corrected chi connectivity index (χ0v) is 16.0. The molecule has 6 nitrogen and oxygen atoms in total. The number of amides is 2. The van der Waals surface area contributed by atoms with Crippen LogP contribution < -0.4 is 10.1 Å². The second kappa shape index (κ2) is 8.56. The van der Waals surface area contributed by atoms with Gasteiger partial charge in [-0.15, -0.1) is 0 Å². The van der Waals surface area contributed by atoms with Crippen LogP contribution in [0.3, 0.4) is 0 Å². The molecule has 2 rings (SSSR count). The maximum Gasteiger partial charge on any atom is 0.321 e. The lowest BCUT2D eigenvalue weighted by atomic mass is 10.2. The molecule has 0 bridgehead atoms. The standard InChI is InChI=1S/C18H28N2O4S/c1-4-5-10-24-16-8-6-15(7-9-16)19-18(21)20-11-17(12-20)25(22,23)13-14(2)3/h6-9,14,17H,4-5,10-13H2,1-3H3,(H,19,21). The van der Waals surface area contributed by atoms with Crippen LogP contribution in [0.15, 0.2) is 24.3 Å². The quantitative estimate of drug-likeness (QED) is 0.715. The Morgan fingerprint density at radius 2 is 1.92 bits per heavy atom. The lowest BCUT2D eigenvalue weighted by Crippen LogP contribution is -2.58. The van der Waals surface area contributed by atoms with Gasteiger partial charge in [-0.25, -0.2) is 13.2 Å². The maximum absolute atomic E-state index is 12.2. The minimum atomic E-state index is -3.12. The Bertz CT molecular complexity index is 665. The lowest BCUT2D eigenvalue weighted by molar-refractivity contribution is 0.182. The van der Waals surface area contributed by atoms with Gasteiger partial charge in [0.05, 0.1) is 17.6 Å². The molecule has 1 aliphatic rings. The summed E-state index contributed by atoms with van der Waals surface area (Å²) in [6, 6.07) is 6.93. The predicted octanol–water partition coefficient (Wildman–Crippen LogP) is 3.15. The summed E-state index contributed by atoms with van der Waals surface area (Å²) in [6.07, 6.45) is 2.09. The van der Waals surface area contributed by atoms with Gasteiger partial charge in [0.2, 0.25) is 0 Å². The molecular formula is C18H28N2O4S. The minimum absolute atomic E-state index is 0.103. The fourth-order valence-corrected chi connectivity index (χ4v) is 4.62. The van der Waals surface area contributed by atoms with E-state index in [1.807, 2.05) is 26.0 Å². The second-order valence-electron chi connectivity index (χ2n) is 6.91. The van der Waals surface area contributed by atoms with Crippen molar-refractivity contribution in [1.29, 1.82) is 0 Å². The van der Waals surface area contributed by atoms with Gasteiger partial charge in [-0.1, -0.05) is 27.2 Å². The molecule has 2 amide bonds. The van der Waals surface area contributed by atoms with E-state index in [2.05, 4.69) is 12.2 Å². The summed E-state index contributed by atoms with van der Waals surface area (Å²) in [7, 11) is -3.12. The third-order valence-corrected chi connectivity index (χ3v) is 6.53. The lowest BCUT2D eigenvalue weighted by Gasteiger charge is -2.38. The van der Waals surface area contributed by atoms with Crippen molar-refractivity contribution in [2.24, 2.45) is 5.92 Å². The maximum atomic E-state index is 12.2. The zero-order chi connectivity index (χ0) is 18.4. The van der Waals surface area contributed by atoms with Gasteiger partial charge in [0.1, 0.15) is 5.75 Å². The van der Waals surface area contributed by atoms with Crippen LogP contribution in [0.5, 0.6) is 5.75 Å². The van der Waals surface area contributed by atoms with Gasteiger partial charge in [0.25, 0.3) is 0 Å². The topological polar surface area (TPSA) is 75.7 Å². The molecule has 0 radical (unpaired) electrons. The van der Waals surface area contributed by atoms with E-state index in [1.54, 1.807) is 12.1 Å². The molecule has 1 heterocycles. The number of urea groups is 1. The number of rotatable bonds is 8. The van der Waals surface area contributed by atoms with Crippen LogP contribution in [0.1, 0.15) is 33.6 Å². The van der Waals surface area contributed by atoms with Crippen LogP contribution in [-0.2, 0) is 9.84 Å². The van der Waals surface area contributed by atoms with E-state index in [0.29, 0.717) is 12.3 Å². The highest BCUT2D eigenvalue weighted by molar-refractivity contribution is 7.92. The molecule has 1 aliphatic heterocycles. The van der Waals surface area contributed by atoms with Gasteiger partial charge in [-0.2, -0.15) is 0 Å². The molecular weight excluding hydrogens is 340 g/mol. The predicted molar refractivity (Wildman–Crippen MR) is 99.8 cm³/mol. The van der Waals surface area contributed by atoms with Crippen molar-refractivity contribution >= 4 is 21.6 Å². The van der Waals surface area contributed by atoms with Crippen molar-refractivity contribution in [3.63, 3.8) is 0 Å². The van der Waals surface area contributed by atoms with Crippen LogP contribution in [0.25, 0.3) is 0 Å². The summed E-state index contributed by atoms with van der Waals surface area (Å²) in [4.78, 5) is 13.7. The number of ether oxygens (including phenoxy) is 1. The Morgan fingerprint density at radius 3 is 2.48 bits per heavy atom. The fraction of sp³-hybridized carbons (Fsp3) is 0.611. The number of carbonyl (C=O) groups is 1. The van der Waals surface area contributed by atoms with Crippen molar-refractivity contribution in [3.8, 4) is 5.75 Å². The number of benzene rings is 1. The van der Waals surface area contributed by atoms with Gasteiger partial charge < -0.3 is 15.0 Å². The van der Waals surface area contributed by atoms with Crippen molar-refractivity contribution in [2.75, 3.05) is 30.8 Å². The van der Waals surface area contributed by atoms with E-state index in [1.165, 1.54) is 4.90 Å². The largest absolute Gasteiger partial charge is 0.494 e. The summed E-state index contributed by atoms with van der Waals surface area (Å²) in [5.74, 6) is 1.05. The zero-order valence-electron chi connectivity index (χ0n) is 15.2. The fourth-order valence-electron chi connectivity index (χ4n) is 2.60. The molecule has 1 fully saturated rings. The molecule has 25 heavy (non-hydrogen) atoms. The van der Waals surface area contributed by atoms with E-state index >= 15 is 0 Å². The first kappa shape index (κ1) is 19.6. The molecule has 0 aliphatic carbocycles. The number of hydrogen-bond acceptors (Lipinski definition) is 4. The van der Waals surface area contributed by atoms with Crippen LogP contribution in [0, 0.1) is 5.92 Å². The number of nitrogens with zero attached hydrogens (tertiary/aromatic N) is 1. The van der Waals surface area contributed by atoms with Gasteiger partial charge in [-0.05, 0) is 36.6 Å². The molecule has 0 unspecified atom stereocenters. The highest BCUT2D eigenvalue weighted by atomic mass is 32.2. The van der Waals surface area contributed by atoms with Crippen molar-refractivity contribution < 1.29 is 17.9 Å². The normalized spacial score (nSPS) is 15.1. The summed E-state index contributed by atoms with van der Waals surface area (Å²) >= 11 is 0. The molecule has 0 spiro atoms. The van der Waals surface area contributed by atoms with Crippen molar-refractivity contribution in [3.05, 3.63) is 24.3 Å². The number of sulfone groups is 1. The Hall–Kier alpha value is -1.76. The average Bonchev–Trinajstić information content (AvgIpc) is 2.46. The van der Waals surface area contributed by atoms with Gasteiger partial charge in [0, 0.05) is 18.8 Å². The van der Waals surface area contributed by atoms with Gasteiger partial charge in [0.15, 0.2) is 9.84 Å². The molecule has 0 atom stereocenters. The van der Waals surface area contributed by atoms with Crippen LogP contribution >= 0.6 is 0 Å². The second-order valence-corrected chi connectivity index (χ2v) is 9.23. The highest BCUT2D eigenvalue weighted by Gasteiger charge is 2.39. The Morgan fingerprint density at radius 1 is 1.28 bits per heavy atom. The monoisotopic (exact) mass is 368 g/mol. The Balaban J connectivity index is 1.80. The molecule has 140 valence electrons. The average molecular weight is 368 g/mol. The smallest absolute Gasteiger partial charge is 0.321 e. The molecule has 1 N–H and O–H groups in total. The summed E-state index contributed by atoms with van der Waals surface area (Å²) in [5.41, 5.74) is 0.668. The third-order valence-electron chi connectivity index (χ3n) is 4.08. The number of unbranched alkanes of at least 4 members (excludes halogenated alkanes) is 1. The first-order valence-corrected chi connectivity index (χ1v) is 10.5. The number of hydrogen-bond donors (Lipinski definition) is 1. The first-order valence-electron chi connectivity index (χ1n) is 8.82. The Kier molecular flexibility index (Phi) is 6.70. The summed E-state index contributed by atoms with van der Waals surface area (Å²) in [6.45, 7) is 7.09.